The average molecular weight is 1080 g/mol. The lowest BCUT2D eigenvalue weighted by Gasteiger charge is -2.14. The van der Waals surface area contributed by atoms with Crippen molar-refractivity contribution in [1.29, 1.82) is 0 Å². The van der Waals surface area contributed by atoms with Gasteiger partial charge in [0, 0.05) is 55.9 Å². The highest BCUT2D eigenvalue weighted by atomic mass is 79.9. The van der Waals surface area contributed by atoms with Gasteiger partial charge in [0.1, 0.15) is 0 Å². The highest BCUT2D eigenvalue weighted by Crippen LogP contribution is 2.45. The maximum absolute atomic E-state index is 5.77. The summed E-state index contributed by atoms with van der Waals surface area (Å²) in [5, 5.41) is 0. The van der Waals surface area contributed by atoms with Crippen LogP contribution in [-0.4, -0.2) is 26.4 Å². The van der Waals surface area contributed by atoms with E-state index < -0.39 is 0 Å². The summed E-state index contributed by atoms with van der Waals surface area (Å²) in [6.45, 7) is 2.82. The molecule has 0 aliphatic carbocycles. The van der Waals surface area contributed by atoms with Crippen LogP contribution in [0.15, 0.2) is 44.7 Å². The summed E-state index contributed by atoms with van der Waals surface area (Å²) in [4.78, 5) is 0. The van der Waals surface area contributed by atoms with E-state index in [1.54, 1.807) is 0 Å². The van der Waals surface area contributed by atoms with Crippen LogP contribution in [0.2, 0.25) is 0 Å². The molecule has 13 heteroatoms. The molecule has 0 aliphatic rings. The molecule has 172 valence electrons. The zero-order valence-electron chi connectivity index (χ0n) is 15.2. The van der Waals surface area contributed by atoms with E-state index in [0.717, 1.165) is 55.9 Å². The van der Waals surface area contributed by atoms with E-state index in [9.17, 15) is 0 Å². The maximum atomic E-state index is 5.77. The number of halogens is 10. The molecule has 3 nitrogen and oxygen atoms in total. The lowest BCUT2D eigenvalue weighted by molar-refractivity contribution is 0.00667. The van der Waals surface area contributed by atoms with Gasteiger partial charge in [-0.25, -0.2) is 0 Å². The fourth-order valence-electron chi connectivity index (χ4n) is 2.24. The van der Waals surface area contributed by atoms with Crippen LogP contribution in [-0.2, 0) is 27.4 Å². The Morgan fingerprint density at radius 1 is 0.323 bits per heavy atom. The fraction of sp³-hybridized carbons (Fsp3) is 0.333. The van der Waals surface area contributed by atoms with E-state index in [4.69, 9.17) is 14.2 Å². The smallest absolute Gasteiger partial charge is 0.0740 e. The molecule has 2 rings (SSSR count). The van der Waals surface area contributed by atoms with Crippen LogP contribution in [0.5, 0.6) is 0 Å². The first-order valence-electron chi connectivity index (χ1n) is 8.33. The van der Waals surface area contributed by atoms with Crippen molar-refractivity contribution in [3.63, 3.8) is 0 Å². The molecule has 0 aromatic heterocycles. The molecule has 31 heavy (non-hydrogen) atoms. The molecule has 0 aliphatic heterocycles. The maximum Gasteiger partial charge on any atom is 0.0740 e. The molecule has 0 spiro atoms. The Morgan fingerprint density at radius 3 is 0.839 bits per heavy atom. The zero-order valence-corrected chi connectivity index (χ0v) is 31.1. The van der Waals surface area contributed by atoms with Crippen molar-refractivity contribution < 1.29 is 14.2 Å². The molecular weight excluding hydrogens is 1060 g/mol. The van der Waals surface area contributed by atoms with Crippen molar-refractivity contribution in [3.8, 4) is 0 Å². The highest BCUT2D eigenvalue weighted by Gasteiger charge is 2.18. The molecule has 0 N–H and O–H groups in total. The minimum atomic E-state index is 0.445. The third-order valence-electron chi connectivity index (χ3n) is 3.84. The third kappa shape index (κ3) is 8.05. The van der Waals surface area contributed by atoms with Crippen LogP contribution in [0.4, 0.5) is 0 Å². The Kier molecular flexibility index (Phi) is 14.4. The van der Waals surface area contributed by atoms with Crippen LogP contribution >= 0.6 is 159 Å². The van der Waals surface area contributed by atoms with E-state index >= 15 is 0 Å². The normalized spacial score (nSPS) is 11.4. The summed E-state index contributed by atoms with van der Waals surface area (Å²) in [6, 6.07) is 0. The third-order valence-corrected chi connectivity index (χ3v) is 16.4. The Morgan fingerprint density at radius 2 is 0.548 bits per heavy atom. The highest BCUT2D eigenvalue weighted by molar-refractivity contribution is 9.16. The van der Waals surface area contributed by atoms with E-state index in [-0.39, 0.29) is 0 Å². The molecule has 0 heterocycles. The van der Waals surface area contributed by atoms with Gasteiger partial charge in [-0.1, -0.05) is 0 Å². The second-order valence-electron chi connectivity index (χ2n) is 5.81. The van der Waals surface area contributed by atoms with Gasteiger partial charge in [0.05, 0.1) is 39.6 Å². The molecule has 0 saturated carbocycles. The van der Waals surface area contributed by atoms with Gasteiger partial charge < -0.3 is 14.2 Å². The van der Waals surface area contributed by atoms with Crippen molar-refractivity contribution in [2.75, 3.05) is 26.4 Å². The number of benzene rings is 2. The van der Waals surface area contributed by atoms with Gasteiger partial charge in [-0.05, 0) is 159 Å². The Balaban J connectivity index is 1.71. The van der Waals surface area contributed by atoms with Crippen molar-refractivity contribution >= 4 is 159 Å². The lowest BCUT2D eigenvalue weighted by Crippen LogP contribution is -2.10. The van der Waals surface area contributed by atoms with E-state index in [1.165, 1.54) is 0 Å². The first-order valence-corrected chi connectivity index (χ1v) is 16.3. The second kappa shape index (κ2) is 14.8. The molecule has 0 amide bonds. The van der Waals surface area contributed by atoms with Gasteiger partial charge in [-0.15, -0.1) is 0 Å². The van der Waals surface area contributed by atoms with Crippen molar-refractivity contribution in [2.45, 2.75) is 13.2 Å². The molecule has 0 saturated heterocycles. The fourth-order valence-corrected chi connectivity index (χ4v) is 8.96. The number of hydrogen-bond donors (Lipinski definition) is 0. The Hall–Kier alpha value is 3.12. The average Bonchev–Trinajstić information content (AvgIpc) is 2.76. The van der Waals surface area contributed by atoms with E-state index in [2.05, 4.69) is 159 Å². The zero-order chi connectivity index (χ0) is 23.3. The predicted molar refractivity (Wildman–Crippen MR) is 160 cm³/mol. The van der Waals surface area contributed by atoms with Crippen LogP contribution < -0.4 is 0 Å². The Bertz CT molecular complexity index is 818. The first kappa shape index (κ1) is 30.3. The van der Waals surface area contributed by atoms with Gasteiger partial charge in [0.15, 0.2) is 0 Å². The van der Waals surface area contributed by atoms with Gasteiger partial charge in [-0.3, -0.25) is 0 Å². The minimum Gasteiger partial charge on any atom is -0.377 e. The summed E-state index contributed by atoms with van der Waals surface area (Å²) in [5.74, 6) is 0. The lowest BCUT2D eigenvalue weighted by atomic mass is 10.2. The Labute approximate surface area is 265 Å². The van der Waals surface area contributed by atoms with Crippen molar-refractivity contribution in [3.05, 3.63) is 55.9 Å². The van der Waals surface area contributed by atoms with Gasteiger partial charge in [-0.2, -0.15) is 0 Å². The number of ether oxygens (including phenoxy) is 3. The molecular formula is C18H12Br10O3. The summed E-state index contributed by atoms with van der Waals surface area (Å²) >= 11 is 35.7. The molecule has 0 atom stereocenters. The molecule has 0 bridgehead atoms. The van der Waals surface area contributed by atoms with Crippen molar-refractivity contribution in [1.82, 2.24) is 0 Å². The van der Waals surface area contributed by atoms with Crippen LogP contribution in [0.1, 0.15) is 11.1 Å². The largest absolute Gasteiger partial charge is 0.377 e. The van der Waals surface area contributed by atoms with E-state index in [1.807, 2.05) is 0 Å². The molecule has 0 radical (unpaired) electrons. The minimum absolute atomic E-state index is 0.445. The van der Waals surface area contributed by atoms with Crippen LogP contribution in [0.25, 0.3) is 0 Å². The summed E-state index contributed by atoms with van der Waals surface area (Å²) < 4.78 is 26.5. The van der Waals surface area contributed by atoms with Gasteiger partial charge in [0.2, 0.25) is 0 Å². The monoisotopic (exact) mass is 1070 g/mol. The molecule has 0 unspecified atom stereocenters. The summed E-state index contributed by atoms with van der Waals surface area (Å²) in [6.07, 6.45) is 0. The standard InChI is InChI=1S/C18H12Br10O3/c19-9-7(10(20)14(24)17(27)13(9)23)5-30-3-1-29-2-4-31-6-8-11(21)15(25)18(28)16(26)12(8)22/h1-6H2. The van der Waals surface area contributed by atoms with Crippen LogP contribution in [0, 0.1) is 0 Å². The molecule has 2 aromatic carbocycles. The first-order chi connectivity index (χ1) is 14.6. The molecule has 0 fully saturated rings. The quantitative estimate of drug-likeness (QED) is 0.135. The topological polar surface area (TPSA) is 27.7 Å². The number of hydrogen-bond acceptors (Lipinski definition) is 3. The number of rotatable bonds is 10. The summed E-state index contributed by atoms with van der Waals surface area (Å²) in [7, 11) is 0. The predicted octanol–water partition coefficient (Wildman–Crippen LogP) is 11.1. The van der Waals surface area contributed by atoms with Gasteiger partial charge in [0.25, 0.3) is 0 Å². The summed E-state index contributed by atoms with van der Waals surface area (Å²) in [5.41, 5.74) is 2.02. The van der Waals surface area contributed by atoms with Crippen molar-refractivity contribution in [2.24, 2.45) is 0 Å². The molecule has 2 aromatic rings. The second-order valence-corrected chi connectivity index (χ2v) is 13.7. The van der Waals surface area contributed by atoms with Gasteiger partial charge >= 0.3 is 0 Å². The van der Waals surface area contributed by atoms with Crippen LogP contribution in [0.3, 0.4) is 0 Å². The van der Waals surface area contributed by atoms with E-state index in [0.29, 0.717) is 39.6 Å². The SMILES string of the molecule is Brc1c(Br)c(Br)c(COCCOCCOCc2c(Br)c(Br)c(Br)c(Br)c2Br)c(Br)c1Br.